The molecule has 0 atom stereocenters. The Morgan fingerprint density at radius 1 is 0.675 bits per heavy atom. The molecule has 0 radical (unpaired) electrons. The SMILES string of the molecule is COc1ccc(OC)c(NC(=O)COC(=O)CCCC(=O)Nc2ccc(Oc3ccc4ccccc4c3)cc2)c1. The summed E-state index contributed by atoms with van der Waals surface area (Å²) in [5.41, 5.74) is 1.01. The number of methoxy groups -OCH3 is 2. The molecule has 9 heteroatoms. The third kappa shape index (κ3) is 7.97. The van der Waals surface area contributed by atoms with Gasteiger partial charge in [-0.15, -0.1) is 0 Å². The number of carbonyl (C=O) groups excluding carboxylic acids is 3. The van der Waals surface area contributed by atoms with Gasteiger partial charge in [0, 0.05) is 24.6 Å². The zero-order chi connectivity index (χ0) is 28.3. The summed E-state index contributed by atoms with van der Waals surface area (Å²) in [6.45, 7) is -0.459. The van der Waals surface area contributed by atoms with E-state index in [9.17, 15) is 14.4 Å². The molecule has 0 spiro atoms. The second kappa shape index (κ2) is 13.7. The van der Waals surface area contributed by atoms with Crippen LogP contribution in [0, 0.1) is 0 Å². The van der Waals surface area contributed by atoms with E-state index in [1.807, 2.05) is 42.5 Å². The highest BCUT2D eigenvalue weighted by Gasteiger charge is 2.13. The van der Waals surface area contributed by atoms with E-state index in [0.717, 1.165) is 16.5 Å². The van der Waals surface area contributed by atoms with E-state index in [4.69, 9.17) is 18.9 Å². The number of anilines is 2. The minimum atomic E-state index is -0.573. The molecular formula is C31H30N2O7. The molecule has 4 rings (SSSR count). The molecule has 0 aromatic heterocycles. The van der Waals surface area contributed by atoms with Gasteiger partial charge in [0.1, 0.15) is 23.0 Å². The summed E-state index contributed by atoms with van der Waals surface area (Å²) >= 11 is 0. The third-order valence-electron chi connectivity index (χ3n) is 5.92. The van der Waals surface area contributed by atoms with Crippen molar-refractivity contribution < 1.29 is 33.3 Å². The first-order chi connectivity index (χ1) is 19.4. The van der Waals surface area contributed by atoms with E-state index in [1.54, 1.807) is 42.5 Å². The van der Waals surface area contributed by atoms with E-state index in [1.165, 1.54) is 14.2 Å². The van der Waals surface area contributed by atoms with E-state index in [2.05, 4.69) is 10.6 Å². The summed E-state index contributed by atoms with van der Waals surface area (Å²) in [6.07, 6.45) is 0.401. The van der Waals surface area contributed by atoms with Crippen LogP contribution in [0.4, 0.5) is 11.4 Å². The number of nitrogens with one attached hydrogen (secondary N) is 2. The zero-order valence-electron chi connectivity index (χ0n) is 22.3. The smallest absolute Gasteiger partial charge is 0.306 e. The van der Waals surface area contributed by atoms with E-state index >= 15 is 0 Å². The Morgan fingerprint density at radius 3 is 2.15 bits per heavy atom. The van der Waals surface area contributed by atoms with Crippen LogP contribution in [-0.2, 0) is 19.1 Å². The van der Waals surface area contributed by atoms with Crippen LogP contribution in [0.5, 0.6) is 23.0 Å². The van der Waals surface area contributed by atoms with Crippen LogP contribution < -0.4 is 24.8 Å². The van der Waals surface area contributed by atoms with Gasteiger partial charge in [0.15, 0.2) is 6.61 Å². The number of rotatable bonds is 12. The first-order valence-corrected chi connectivity index (χ1v) is 12.7. The van der Waals surface area contributed by atoms with Crippen molar-refractivity contribution in [2.24, 2.45) is 0 Å². The Labute approximate surface area is 232 Å². The monoisotopic (exact) mass is 542 g/mol. The lowest BCUT2D eigenvalue weighted by Crippen LogP contribution is -2.21. The maximum absolute atomic E-state index is 12.3. The van der Waals surface area contributed by atoms with Gasteiger partial charge in [0.2, 0.25) is 5.91 Å². The van der Waals surface area contributed by atoms with Crippen molar-refractivity contribution in [1.29, 1.82) is 0 Å². The minimum Gasteiger partial charge on any atom is -0.497 e. The molecule has 0 bridgehead atoms. The van der Waals surface area contributed by atoms with Gasteiger partial charge in [-0.3, -0.25) is 14.4 Å². The number of benzene rings is 4. The zero-order valence-corrected chi connectivity index (χ0v) is 22.3. The molecule has 0 heterocycles. The van der Waals surface area contributed by atoms with E-state index < -0.39 is 18.5 Å². The molecule has 0 aliphatic heterocycles. The van der Waals surface area contributed by atoms with Crippen LogP contribution in [-0.4, -0.2) is 38.6 Å². The molecule has 0 aliphatic carbocycles. The van der Waals surface area contributed by atoms with E-state index in [-0.39, 0.29) is 25.2 Å². The van der Waals surface area contributed by atoms with Crippen LogP contribution in [0.25, 0.3) is 10.8 Å². The molecule has 2 N–H and O–H groups in total. The van der Waals surface area contributed by atoms with E-state index in [0.29, 0.717) is 28.6 Å². The lowest BCUT2D eigenvalue weighted by molar-refractivity contribution is -0.147. The van der Waals surface area contributed by atoms with Gasteiger partial charge in [-0.25, -0.2) is 0 Å². The van der Waals surface area contributed by atoms with Gasteiger partial charge < -0.3 is 29.6 Å². The molecule has 4 aromatic carbocycles. The molecule has 0 fully saturated rings. The van der Waals surface area contributed by atoms with Gasteiger partial charge in [-0.05, 0) is 65.7 Å². The van der Waals surface area contributed by atoms with Crippen molar-refractivity contribution in [1.82, 2.24) is 0 Å². The summed E-state index contributed by atoms with van der Waals surface area (Å²) in [5, 5.41) is 7.64. The maximum atomic E-state index is 12.3. The fourth-order valence-electron chi connectivity index (χ4n) is 3.91. The fraction of sp³-hybridized carbons (Fsp3) is 0.194. The number of ether oxygens (including phenoxy) is 4. The van der Waals surface area contributed by atoms with Gasteiger partial charge in [-0.1, -0.05) is 30.3 Å². The van der Waals surface area contributed by atoms with Crippen molar-refractivity contribution in [3.63, 3.8) is 0 Å². The molecular weight excluding hydrogens is 512 g/mol. The number of hydrogen-bond acceptors (Lipinski definition) is 7. The predicted octanol–water partition coefficient (Wildman–Crippen LogP) is 5.94. The number of amides is 2. The first kappa shape index (κ1) is 28.0. The van der Waals surface area contributed by atoms with Gasteiger partial charge in [-0.2, -0.15) is 0 Å². The Bertz CT molecular complexity index is 1490. The van der Waals surface area contributed by atoms with Gasteiger partial charge in [0.25, 0.3) is 5.91 Å². The number of carbonyl (C=O) groups is 3. The first-order valence-electron chi connectivity index (χ1n) is 12.7. The second-order valence-electron chi connectivity index (χ2n) is 8.81. The average Bonchev–Trinajstić information content (AvgIpc) is 2.97. The third-order valence-corrected chi connectivity index (χ3v) is 5.92. The average molecular weight is 543 g/mol. The molecule has 4 aromatic rings. The van der Waals surface area contributed by atoms with Crippen molar-refractivity contribution >= 4 is 39.9 Å². The summed E-state index contributed by atoms with van der Waals surface area (Å²) in [7, 11) is 2.99. The number of esters is 1. The van der Waals surface area contributed by atoms with Crippen molar-refractivity contribution in [2.75, 3.05) is 31.5 Å². The Morgan fingerprint density at radius 2 is 1.40 bits per heavy atom. The Kier molecular flexibility index (Phi) is 9.55. The van der Waals surface area contributed by atoms with Crippen LogP contribution in [0.2, 0.25) is 0 Å². The molecule has 40 heavy (non-hydrogen) atoms. The van der Waals surface area contributed by atoms with Gasteiger partial charge >= 0.3 is 5.97 Å². The second-order valence-corrected chi connectivity index (χ2v) is 8.81. The molecule has 0 saturated carbocycles. The van der Waals surface area contributed by atoms with Crippen LogP contribution in [0.3, 0.4) is 0 Å². The largest absolute Gasteiger partial charge is 0.497 e. The highest BCUT2D eigenvalue weighted by Crippen LogP contribution is 2.29. The maximum Gasteiger partial charge on any atom is 0.306 e. The number of fused-ring (bicyclic) bond motifs is 1. The predicted molar refractivity (Wildman–Crippen MR) is 152 cm³/mol. The molecule has 2 amide bonds. The minimum absolute atomic E-state index is 0.00170. The van der Waals surface area contributed by atoms with Crippen molar-refractivity contribution in [2.45, 2.75) is 19.3 Å². The lowest BCUT2D eigenvalue weighted by Gasteiger charge is -2.12. The van der Waals surface area contributed by atoms with Crippen molar-refractivity contribution in [3.8, 4) is 23.0 Å². The molecule has 0 aliphatic rings. The Balaban J connectivity index is 1.16. The topological polar surface area (TPSA) is 112 Å². The lowest BCUT2D eigenvalue weighted by atomic mass is 10.1. The van der Waals surface area contributed by atoms with Crippen LogP contribution in [0.1, 0.15) is 19.3 Å². The van der Waals surface area contributed by atoms with Crippen LogP contribution >= 0.6 is 0 Å². The highest BCUT2D eigenvalue weighted by atomic mass is 16.5. The molecule has 206 valence electrons. The normalized spacial score (nSPS) is 10.4. The van der Waals surface area contributed by atoms with Gasteiger partial charge in [0.05, 0.1) is 19.9 Å². The summed E-state index contributed by atoms with van der Waals surface area (Å²) in [4.78, 5) is 36.5. The van der Waals surface area contributed by atoms with Crippen molar-refractivity contribution in [3.05, 3.63) is 84.9 Å². The fourth-order valence-corrected chi connectivity index (χ4v) is 3.91. The quantitative estimate of drug-likeness (QED) is 0.213. The summed E-state index contributed by atoms with van der Waals surface area (Å²) in [5.74, 6) is 1.01. The molecule has 0 saturated heterocycles. The summed E-state index contributed by atoms with van der Waals surface area (Å²) < 4.78 is 21.3. The number of hydrogen-bond donors (Lipinski definition) is 2. The molecule has 9 nitrogen and oxygen atoms in total. The highest BCUT2D eigenvalue weighted by molar-refractivity contribution is 5.94. The molecule has 0 unspecified atom stereocenters. The Hall–Kier alpha value is -5.05. The standard InChI is InChI=1S/C31H30N2O7/c1-37-25-16-17-28(38-2)27(19-25)33-30(35)20-39-31(36)9-5-8-29(34)32-23-11-14-24(15-12-23)40-26-13-10-21-6-3-4-7-22(21)18-26/h3-4,6-7,10-19H,5,8-9,20H2,1-2H3,(H,32,34)(H,33,35). The van der Waals surface area contributed by atoms with Crippen LogP contribution in [0.15, 0.2) is 84.9 Å². The summed E-state index contributed by atoms with van der Waals surface area (Å²) in [6, 6.07) is 25.9.